The van der Waals surface area contributed by atoms with Crippen LogP contribution in [-0.2, 0) is 18.6 Å². The van der Waals surface area contributed by atoms with Crippen LogP contribution in [0.1, 0.15) is 53.0 Å². The second kappa shape index (κ2) is 8.89. The van der Waals surface area contributed by atoms with Gasteiger partial charge in [-0.3, -0.25) is 4.79 Å². The molecule has 1 amide bonds. The minimum Gasteiger partial charge on any atom is -0.489 e. The van der Waals surface area contributed by atoms with Gasteiger partial charge in [0.15, 0.2) is 0 Å². The third kappa shape index (κ3) is 5.66. The smallest absolute Gasteiger partial charge is 0.251 e. The summed E-state index contributed by atoms with van der Waals surface area (Å²) in [7, 11) is 0. The highest BCUT2D eigenvalue weighted by Crippen LogP contribution is 2.25. The maximum Gasteiger partial charge on any atom is 0.251 e. The molecule has 3 aromatic rings. The molecular formula is C23H23N3O2S. The molecular weight excluding hydrogens is 382 g/mol. The lowest BCUT2D eigenvalue weighted by molar-refractivity contribution is 0.0950. The van der Waals surface area contributed by atoms with Crippen molar-refractivity contribution in [3.05, 3.63) is 81.3 Å². The predicted molar refractivity (Wildman–Crippen MR) is 114 cm³/mol. The van der Waals surface area contributed by atoms with Crippen molar-refractivity contribution < 1.29 is 9.53 Å². The predicted octanol–water partition coefficient (Wildman–Crippen LogP) is 4.82. The van der Waals surface area contributed by atoms with Gasteiger partial charge in [0.05, 0.1) is 28.9 Å². The lowest BCUT2D eigenvalue weighted by Crippen LogP contribution is -2.23. The Kier molecular flexibility index (Phi) is 6.30. The summed E-state index contributed by atoms with van der Waals surface area (Å²) < 4.78 is 5.74. The van der Waals surface area contributed by atoms with E-state index >= 15 is 0 Å². The summed E-state index contributed by atoms with van der Waals surface area (Å²) in [6.07, 6.45) is 0. The molecule has 5 nitrogen and oxygen atoms in total. The van der Waals surface area contributed by atoms with Crippen LogP contribution in [-0.4, -0.2) is 10.9 Å². The lowest BCUT2D eigenvalue weighted by Gasteiger charge is -2.13. The van der Waals surface area contributed by atoms with Crippen molar-refractivity contribution in [2.75, 3.05) is 0 Å². The zero-order valence-corrected chi connectivity index (χ0v) is 17.5. The number of hydrogen-bond acceptors (Lipinski definition) is 5. The topological polar surface area (TPSA) is 75.0 Å². The van der Waals surface area contributed by atoms with Gasteiger partial charge in [-0.15, -0.1) is 11.3 Å². The molecule has 29 heavy (non-hydrogen) atoms. The van der Waals surface area contributed by atoms with E-state index in [1.807, 2.05) is 23.6 Å². The fourth-order valence-corrected chi connectivity index (χ4v) is 3.51. The highest BCUT2D eigenvalue weighted by Gasteiger charge is 2.18. The summed E-state index contributed by atoms with van der Waals surface area (Å²) in [5.74, 6) is 0.535. The second-order valence-electron chi connectivity index (χ2n) is 7.70. The molecule has 1 aromatic heterocycles. The minimum absolute atomic E-state index is 0.0101. The van der Waals surface area contributed by atoms with Gasteiger partial charge in [0.2, 0.25) is 0 Å². The lowest BCUT2D eigenvalue weighted by atomic mass is 9.98. The standard InChI is InChI=1S/C23H23N3O2S/c1-23(2,3)22-26-19(15-29-22)13-25-21(27)18-6-4-5-17(11-18)14-28-20-9-7-16(12-24)8-10-20/h4-11,15H,13-14H2,1-3H3,(H,25,27). The van der Waals surface area contributed by atoms with Gasteiger partial charge in [0, 0.05) is 16.4 Å². The van der Waals surface area contributed by atoms with Crippen molar-refractivity contribution >= 4 is 17.2 Å². The van der Waals surface area contributed by atoms with Gasteiger partial charge in [-0.2, -0.15) is 5.26 Å². The first-order valence-corrected chi connectivity index (χ1v) is 10.2. The van der Waals surface area contributed by atoms with E-state index in [2.05, 4.69) is 37.1 Å². The number of benzene rings is 2. The van der Waals surface area contributed by atoms with Crippen LogP contribution in [0.4, 0.5) is 0 Å². The van der Waals surface area contributed by atoms with Gasteiger partial charge < -0.3 is 10.1 Å². The van der Waals surface area contributed by atoms with Crippen molar-refractivity contribution in [2.45, 2.75) is 39.3 Å². The molecule has 1 heterocycles. The van der Waals surface area contributed by atoms with E-state index < -0.39 is 0 Å². The Morgan fingerprint density at radius 1 is 1.21 bits per heavy atom. The third-order valence-corrected chi connectivity index (χ3v) is 5.52. The Hall–Kier alpha value is -3.17. The van der Waals surface area contributed by atoms with Crippen LogP contribution in [0.5, 0.6) is 5.75 Å². The molecule has 0 bridgehead atoms. The zero-order chi connectivity index (χ0) is 20.9. The number of nitriles is 1. The quantitative estimate of drug-likeness (QED) is 0.638. The van der Waals surface area contributed by atoms with Crippen LogP contribution in [0.2, 0.25) is 0 Å². The summed E-state index contributed by atoms with van der Waals surface area (Å²) in [5.41, 5.74) is 2.94. The highest BCUT2D eigenvalue weighted by atomic mass is 32.1. The van der Waals surface area contributed by atoms with Crippen molar-refractivity contribution in [1.29, 1.82) is 5.26 Å². The third-order valence-electron chi connectivity index (χ3n) is 4.20. The van der Waals surface area contributed by atoms with Crippen molar-refractivity contribution in [3.8, 4) is 11.8 Å². The molecule has 6 heteroatoms. The number of thiazole rings is 1. The summed E-state index contributed by atoms with van der Waals surface area (Å²) in [6.45, 7) is 7.12. The van der Waals surface area contributed by atoms with Gasteiger partial charge in [-0.1, -0.05) is 32.9 Å². The van der Waals surface area contributed by atoms with E-state index in [4.69, 9.17) is 10.00 Å². The second-order valence-corrected chi connectivity index (χ2v) is 8.56. The van der Waals surface area contributed by atoms with E-state index in [9.17, 15) is 4.79 Å². The first-order valence-electron chi connectivity index (χ1n) is 9.30. The van der Waals surface area contributed by atoms with Crippen LogP contribution in [0.3, 0.4) is 0 Å². The van der Waals surface area contributed by atoms with Crippen LogP contribution in [0.25, 0.3) is 0 Å². The van der Waals surface area contributed by atoms with Crippen molar-refractivity contribution in [2.24, 2.45) is 0 Å². The molecule has 1 N–H and O–H groups in total. The zero-order valence-electron chi connectivity index (χ0n) is 16.7. The number of nitrogens with one attached hydrogen (secondary N) is 1. The van der Waals surface area contributed by atoms with Gasteiger partial charge >= 0.3 is 0 Å². The SMILES string of the molecule is CC(C)(C)c1nc(CNC(=O)c2cccc(COc3ccc(C#N)cc3)c2)cs1. The molecule has 3 rings (SSSR count). The molecule has 0 saturated heterocycles. The van der Waals surface area contributed by atoms with E-state index in [0.29, 0.717) is 30.0 Å². The highest BCUT2D eigenvalue weighted by molar-refractivity contribution is 7.09. The maximum atomic E-state index is 12.5. The minimum atomic E-state index is -0.143. The molecule has 0 aliphatic carbocycles. The Morgan fingerprint density at radius 2 is 1.97 bits per heavy atom. The summed E-state index contributed by atoms with van der Waals surface area (Å²) in [6, 6.07) is 16.4. The van der Waals surface area contributed by atoms with Gasteiger partial charge in [-0.25, -0.2) is 4.98 Å². The Morgan fingerprint density at radius 3 is 2.62 bits per heavy atom. The van der Waals surface area contributed by atoms with E-state index in [-0.39, 0.29) is 11.3 Å². The van der Waals surface area contributed by atoms with Crippen molar-refractivity contribution in [3.63, 3.8) is 0 Å². The average Bonchev–Trinajstić information content (AvgIpc) is 3.21. The number of nitrogens with zero attached hydrogens (tertiary/aromatic N) is 2. The number of carbonyl (C=O) groups is 1. The largest absolute Gasteiger partial charge is 0.489 e. The first-order chi connectivity index (χ1) is 13.8. The molecule has 0 atom stereocenters. The Bertz CT molecular complexity index is 1030. The summed E-state index contributed by atoms with van der Waals surface area (Å²) in [4.78, 5) is 17.1. The fraction of sp³-hybridized carbons (Fsp3) is 0.261. The van der Waals surface area contributed by atoms with Gasteiger partial charge in [0.1, 0.15) is 12.4 Å². The number of carbonyl (C=O) groups excluding carboxylic acids is 1. The number of aromatic nitrogens is 1. The maximum absolute atomic E-state index is 12.5. The van der Waals surface area contributed by atoms with Crippen LogP contribution >= 0.6 is 11.3 Å². The van der Waals surface area contributed by atoms with E-state index in [1.54, 1.807) is 41.7 Å². The molecule has 148 valence electrons. The molecule has 0 unspecified atom stereocenters. The first kappa shape index (κ1) is 20.6. The summed E-state index contributed by atoms with van der Waals surface area (Å²) >= 11 is 1.62. The monoisotopic (exact) mass is 405 g/mol. The number of hydrogen-bond donors (Lipinski definition) is 1. The molecule has 0 radical (unpaired) electrons. The average molecular weight is 406 g/mol. The van der Waals surface area contributed by atoms with Gasteiger partial charge in [-0.05, 0) is 42.0 Å². The molecule has 0 spiro atoms. The number of rotatable bonds is 6. The fourth-order valence-electron chi connectivity index (χ4n) is 2.60. The molecule has 0 aliphatic heterocycles. The molecule has 2 aromatic carbocycles. The van der Waals surface area contributed by atoms with Crippen LogP contribution < -0.4 is 10.1 Å². The normalized spacial score (nSPS) is 11.0. The molecule has 0 saturated carbocycles. The van der Waals surface area contributed by atoms with Gasteiger partial charge in [0.25, 0.3) is 5.91 Å². The van der Waals surface area contributed by atoms with E-state index in [1.165, 1.54) is 0 Å². The summed E-state index contributed by atoms with van der Waals surface area (Å²) in [5, 5.41) is 14.8. The van der Waals surface area contributed by atoms with Crippen LogP contribution in [0.15, 0.2) is 53.9 Å². The molecule has 0 fully saturated rings. The number of ether oxygens (including phenoxy) is 1. The van der Waals surface area contributed by atoms with Crippen molar-refractivity contribution in [1.82, 2.24) is 10.3 Å². The van der Waals surface area contributed by atoms with E-state index in [0.717, 1.165) is 16.3 Å². The van der Waals surface area contributed by atoms with Crippen LogP contribution in [0, 0.1) is 11.3 Å². The molecule has 0 aliphatic rings. The Balaban J connectivity index is 1.57. The number of amides is 1. The Labute approximate surface area is 175 Å².